The van der Waals surface area contributed by atoms with E-state index in [0.717, 1.165) is 44.5 Å². The van der Waals surface area contributed by atoms with Gasteiger partial charge in [-0.15, -0.1) is 0 Å². The van der Waals surface area contributed by atoms with Crippen molar-refractivity contribution < 1.29 is 4.79 Å². The number of nitrogens with one attached hydrogen (secondary N) is 1. The van der Waals surface area contributed by atoms with E-state index in [-0.39, 0.29) is 5.91 Å². The molecule has 0 radical (unpaired) electrons. The van der Waals surface area contributed by atoms with Crippen molar-refractivity contribution >= 4 is 5.91 Å². The highest BCUT2D eigenvalue weighted by Gasteiger charge is 2.37. The van der Waals surface area contributed by atoms with E-state index in [2.05, 4.69) is 16.8 Å². The molecule has 2 aliphatic rings. The van der Waals surface area contributed by atoms with Gasteiger partial charge in [-0.1, -0.05) is 0 Å². The van der Waals surface area contributed by atoms with E-state index in [0.29, 0.717) is 6.04 Å². The summed E-state index contributed by atoms with van der Waals surface area (Å²) >= 11 is 0. The van der Waals surface area contributed by atoms with Crippen LogP contribution in [0.4, 0.5) is 0 Å². The summed E-state index contributed by atoms with van der Waals surface area (Å²) in [5, 5.41) is 3.42. The summed E-state index contributed by atoms with van der Waals surface area (Å²) in [5.41, 5.74) is 7.66. The van der Waals surface area contributed by atoms with Crippen LogP contribution in [0.1, 0.15) is 56.2 Å². The van der Waals surface area contributed by atoms with Crippen LogP contribution in [0.5, 0.6) is 0 Å². The molecule has 0 bridgehead atoms. The Bertz CT molecular complexity index is 547. The van der Waals surface area contributed by atoms with Crippen LogP contribution >= 0.6 is 0 Å². The standard InChI is InChI=1S/C16H26N4O/c1-11-18-13-5-3-4-6-14(13)20(11)10-9-16(2,15(17)21)19-12-7-8-12/h12,19H,3-10H2,1-2H3,(H2,17,21). The average molecular weight is 290 g/mol. The summed E-state index contributed by atoms with van der Waals surface area (Å²) in [6.07, 6.45) is 7.72. The number of amides is 1. The van der Waals surface area contributed by atoms with Crippen molar-refractivity contribution in [3.05, 3.63) is 17.2 Å². The average Bonchev–Trinajstić information content (AvgIpc) is 3.18. The first kappa shape index (κ1) is 14.6. The lowest BCUT2D eigenvalue weighted by atomic mass is 9.96. The van der Waals surface area contributed by atoms with Gasteiger partial charge >= 0.3 is 0 Å². The molecule has 21 heavy (non-hydrogen) atoms. The van der Waals surface area contributed by atoms with E-state index in [1.54, 1.807) is 0 Å². The number of rotatable bonds is 6. The molecular formula is C16H26N4O. The predicted octanol–water partition coefficient (Wildman–Crippen LogP) is 1.46. The van der Waals surface area contributed by atoms with Crippen LogP contribution in [-0.2, 0) is 24.2 Å². The number of primary amides is 1. The second-order valence-electron chi connectivity index (χ2n) is 6.78. The molecule has 0 aromatic carbocycles. The Kier molecular flexibility index (Phi) is 3.78. The third kappa shape index (κ3) is 2.98. The Morgan fingerprint density at radius 3 is 2.81 bits per heavy atom. The summed E-state index contributed by atoms with van der Waals surface area (Å²) in [5.74, 6) is 0.821. The van der Waals surface area contributed by atoms with Crippen LogP contribution < -0.4 is 11.1 Å². The highest BCUT2D eigenvalue weighted by Crippen LogP contribution is 2.26. The molecule has 2 aliphatic carbocycles. The molecule has 1 atom stereocenters. The maximum atomic E-state index is 11.9. The number of fused-ring (bicyclic) bond motifs is 1. The number of hydrogen-bond donors (Lipinski definition) is 2. The lowest BCUT2D eigenvalue weighted by molar-refractivity contribution is -0.124. The van der Waals surface area contributed by atoms with Crippen molar-refractivity contribution in [1.82, 2.24) is 14.9 Å². The van der Waals surface area contributed by atoms with Crippen molar-refractivity contribution in [2.24, 2.45) is 5.73 Å². The van der Waals surface area contributed by atoms with E-state index >= 15 is 0 Å². The van der Waals surface area contributed by atoms with Gasteiger partial charge in [-0.05, 0) is 58.8 Å². The fraction of sp³-hybridized carbons (Fsp3) is 0.750. The Morgan fingerprint density at radius 1 is 1.43 bits per heavy atom. The zero-order valence-corrected chi connectivity index (χ0v) is 13.1. The SMILES string of the molecule is Cc1nc2c(n1CCC(C)(NC1CC1)C(N)=O)CCCC2. The minimum atomic E-state index is -0.612. The van der Waals surface area contributed by atoms with Gasteiger partial charge in [-0.3, -0.25) is 4.79 Å². The smallest absolute Gasteiger partial charge is 0.237 e. The second-order valence-corrected chi connectivity index (χ2v) is 6.78. The molecule has 3 N–H and O–H groups in total. The van der Waals surface area contributed by atoms with E-state index in [4.69, 9.17) is 10.7 Å². The molecule has 0 spiro atoms. The van der Waals surface area contributed by atoms with Crippen LogP contribution in [0.2, 0.25) is 0 Å². The van der Waals surface area contributed by atoms with Gasteiger partial charge in [0.2, 0.25) is 5.91 Å². The monoisotopic (exact) mass is 290 g/mol. The van der Waals surface area contributed by atoms with Gasteiger partial charge < -0.3 is 15.6 Å². The highest BCUT2D eigenvalue weighted by molar-refractivity contribution is 5.84. The molecule has 1 amide bonds. The third-order valence-corrected chi connectivity index (χ3v) is 4.90. The number of imidazole rings is 1. The molecule has 1 aromatic rings. The maximum absolute atomic E-state index is 11.9. The van der Waals surface area contributed by atoms with Crippen molar-refractivity contribution in [2.45, 2.75) is 76.9 Å². The van der Waals surface area contributed by atoms with Gasteiger partial charge in [0.05, 0.1) is 11.2 Å². The van der Waals surface area contributed by atoms with Crippen LogP contribution in [0.3, 0.4) is 0 Å². The largest absolute Gasteiger partial charge is 0.368 e. The second kappa shape index (κ2) is 5.44. The highest BCUT2D eigenvalue weighted by atomic mass is 16.1. The first-order chi connectivity index (χ1) is 9.99. The normalized spacial score (nSPS) is 20.9. The maximum Gasteiger partial charge on any atom is 0.237 e. The van der Waals surface area contributed by atoms with Crippen LogP contribution in [0, 0.1) is 6.92 Å². The molecule has 1 aromatic heterocycles. The molecule has 5 nitrogen and oxygen atoms in total. The van der Waals surface area contributed by atoms with E-state index in [9.17, 15) is 4.79 Å². The van der Waals surface area contributed by atoms with Crippen molar-refractivity contribution in [2.75, 3.05) is 0 Å². The van der Waals surface area contributed by atoms with Gasteiger partial charge in [0.25, 0.3) is 0 Å². The lowest BCUT2D eigenvalue weighted by Gasteiger charge is -2.28. The van der Waals surface area contributed by atoms with Crippen molar-refractivity contribution in [3.8, 4) is 0 Å². The topological polar surface area (TPSA) is 72.9 Å². The number of carbonyl (C=O) groups excluding carboxylic acids is 1. The third-order valence-electron chi connectivity index (χ3n) is 4.90. The van der Waals surface area contributed by atoms with Crippen LogP contribution in [0.25, 0.3) is 0 Å². The number of nitrogens with zero attached hydrogens (tertiary/aromatic N) is 2. The Morgan fingerprint density at radius 2 is 2.14 bits per heavy atom. The van der Waals surface area contributed by atoms with Gasteiger partial charge in [0.1, 0.15) is 5.82 Å². The van der Waals surface area contributed by atoms with E-state index in [1.165, 1.54) is 24.2 Å². The number of nitrogens with two attached hydrogens (primary N) is 1. The summed E-state index contributed by atoms with van der Waals surface area (Å²) in [7, 11) is 0. The number of hydrogen-bond acceptors (Lipinski definition) is 3. The summed E-state index contributed by atoms with van der Waals surface area (Å²) in [6.45, 7) is 4.81. The zero-order valence-electron chi connectivity index (χ0n) is 13.1. The van der Waals surface area contributed by atoms with E-state index in [1.807, 2.05) is 6.92 Å². The zero-order chi connectivity index (χ0) is 15.0. The van der Waals surface area contributed by atoms with Crippen LogP contribution in [-0.4, -0.2) is 27.0 Å². The molecule has 116 valence electrons. The predicted molar refractivity (Wildman–Crippen MR) is 82.0 cm³/mol. The van der Waals surface area contributed by atoms with Crippen LogP contribution in [0.15, 0.2) is 0 Å². The molecular weight excluding hydrogens is 264 g/mol. The molecule has 0 saturated heterocycles. The number of aromatic nitrogens is 2. The summed E-state index contributed by atoms with van der Waals surface area (Å²) in [6, 6.07) is 0.472. The quantitative estimate of drug-likeness (QED) is 0.833. The molecule has 1 heterocycles. The summed E-state index contributed by atoms with van der Waals surface area (Å²) < 4.78 is 2.30. The Labute approximate surface area is 126 Å². The van der Waals surface area contributed by atoms with Crippen molar-refractivity contribution in [3.63, 3.8) is 0 Å². The van der Waals surface area contributed by atoms with Crippen molar-refractivity contribution in [1.29, 1.82) is 0 Å². The van der Waals surface area contributed by atoms with E-state index < -0.39 is 5.54 Å². The van der Waals surface area contributed by atoms with Gasteiger partial charge in [0, 0.05) is 18.3 Å². The fourth-order valence-electron chi connectivity index (χ4n) is 3.31. The Hall–Kier alpha value is -1.36. The molecule has 1 saturated carbocycles. The molecule has 0 aliphatic heterocycles. The molecule has 5 heteroatoms. The molecule has 3 rings (SSSR count). The minimum Gasteiger partial charge on any atom is -0.368 e. The molecule has 1 fully saturated rings. The number of aryl methyl sites for hydroxylation is 2. The van der Waals surface area contributed by atoms with Gasteiger partial charge in [-0.25, -0.2) is 4.98 Å². The van der Waals surface area contributed by atoms with Gasteiger partial charge in [0.15, 0.2) is 0 Å². The Balaban J connectivity index is 1.73. The number of carbonyl (C=O) groups is 1. The first-order valence-electron chi connectivity index (χ1n) is 8.12. The van der Waals surface area contributed by atoms with Gasteiger partial charge in [-0.2, -0.15) is 0 Å². The minimum absolute atomic E-state index is 0.249. The fourth-order valence-corrected chi connectivity index (χ4v) is 3.31. The lowest BCUT2D eigenvalue weighted by Crippen LogP contribution is -2.54. The first-order valence-corrected chi connectivity index (χ1v) is 8.12. The summed E-state index contributed by atoms with van der Waals surface area (Å²) in [4.78, 5) is 16.5. The molecule has 1 unspecified atom stereocenters.